The van der Waals surface area contributed by atoms with Crippen molar-refractivity contribution in [2.75, 3.05) is 13.2 Å². The van der Waals surface area contributed by atoms with Crippen LogP contribution in [0.4, 0.5) is 0 Å². The van der Waals surface area contributed by atoms with Gasteiger partial charge >= 0.3 is 7.60 Å². The van der Waals surface area contributed by atoms with Gasteiger partial charge in [0.25, 0.3) is 0 Å². The molecule has 0 radical (unpaired) electrons. The molecule has 0 aromatic carbocycles. The Bertz CT molecular complexity index is 229. The number of nitriles is 1. The van der Waals surface area contributed by atoms with Gasteiger partial charge in [-0.3, -0.25) is 9.05 Å². The van der Waals surface area contributed by atoms with Gasteiger partial charge in [0, 0.05) is 5.41 Å². The Balaban J connectivity index is 2.64. The van der Waals surface area contributed by atoms with E-state index in [1.807, 2.05) is 13.8 Å². The maximum absolute atomic E-state index is 11.1. The molecule has 0 spiro atoms. The lowest BCUT2D eigenvalue weighted by molar-refractivity contribution is 0.0465. The Hall–Kier alpha value is -0.360. The molecule has 1 heterocycles. The van der Waals surface area contributed by atoms with Crippen LogP contribution < -0.4 is 0 Å². The lowest BCUT2D eigenvalue weighted by Gasteiger charge is -2.30. The van der Waals surface area contributed by atoms with E-state index in [-0.39, 0.29) is 5.41 Å². The van der Waals surface area contributed by atoms with Gasteiger partial charge in [0.2, 0.25) is 0 Å². The van der Waals surface area contributed by atoms with Crippen LogP contribution in [0.25, 0.3) is 0 Å². The molecule has 5 heteroatoms. The summed E-state index contributed by atoms with van der Waals surface area (Å²) in [6, 6.07) is 0. The monoisotopic (exact) mass is 175 g/mol. The second-order valence-corrected chi connectivity index (χ2v) is 5.02. The van der Waals surface area contributed by atoms with Crippen molar-refractivity contribution in [3.8, 4) is 5.81 Å². The highest BCUT2D eigenvalue weighted by molar-refractivity contribution is 7.59. The standard InChI is InChI=1S/C6H10NO3P/c1-6(2)3-9-11(8,5-7)10-4-6/h3-4H2,1-2H3. The number of hydrogen-bond acceptors (Lipinski definition) is 4. The molecular formula is C6H10NO3P. The molecule has 1 saturated heterocycles. The van der Waals surface area contributed by atoms with Crippen LogP contribution in [0.3, 0.4) is 0 Å². The van der Waals surface area contributed by atoms with Crippen molar-refractivity contribution in [1.29, 1.82) is 5.26 Å². The summed E-state index contributed by atoms with van der Waals surface area (Å²) in [7, 11) is -3.37. The zero-order chi connectivity index (χ0) is 8.54. The molecule has 1 fully saturated rings. The Morgan fingerprint density at radius 3 is 2.27 bits per heavy atom. The van der Waals surface area contributed by atoms with Crippen molar-refractivity contribution >= 4 is 7.60 Å². The summed E-state index contributed by atoms with van der Waals surface area (Å²) in [4.78, 5) is 0. The Kier molecular flexibility index (Phi) is 2.06. The van der Waals surface area contributed by atoms with Crippen LogP contribution >= 0.6 is 7.60 Å². The number of hydrogen-bond donors (Lipinski definition) is 0. The predicted octanol–water partition coefficient (Wildman–Crippen LogP) is 1.73. The molecule has 62 valence electrons. The quantitative estimate of drug-likeness (QED) is 0.526. The molecule has 1 aliphatic heterocycles. The summed E-state index contributed by atoms with van der Waals surface area (Å²) in [5.41, 5.74) is -0.134. The molecule has 11 heavy (non-hydrogen) atoms. The normalized spacial score (nSPS) is 27.4. The zero-order valence-corrected chi connectivity index (χ0v) is 7.43. The van der Waals surface area contributed by atoms with E-state index in [9.17, 15) is 4.57 Å². The van der Waals surface area contributed by atoms with E-state index < -0.39 is 7.60 Å². The SMILES string of the molecule is CC1(C)COP(=O)(C#N)OC1. The maximum Gasteiger partial charge on any atom is 0.431 e. The lowest BCUT2D eigenvalue weighted by Crippen LogP contribution is -2.28. The van der Waals surface area contributed by atoms with E-state index in [0.717, 1.165) is 0 Å². The molecule has 0 aromatic rings. The fourth-order valence-corrected chi connectivity index (χ4v) is 1.89. The average molecular weight is 175 g/mol. The van der Waals surface area contributed by atoms with Gasteiger partial charge in [-0.1, -0.05) is 13.8 Å². The lowest BCUT2D eigenvalue weighted by atomic mass is 9.97. The first-order valence-electron chi connectivity index (χ1n) is 3.28. The number of nitrogens with zero attached hydrogens (tertiary/aromatic N) is 1. The Morgan fingerprint density at radius 2 is 1.91 bits per heavy atom. The molecule has 0 saturated carbocycles. The maximum atomic E-state index is 11.1. The van der Waals surface area contributed by atoms with Crippen molar-refractivity contribution < 1.29 is 13.6 Å². The van der Waals surface area contributed by atoms with Gasteiger partial charge in [-0.05, 0) is 0 Å². The van der Waals surface area contributed by atoms with Gasteiger partial charge in [0.15, 0.2) is 5.81 Å². The van der Waals surface area contributed by atoms with E-state index in [1.54, 1.807) is 0 Å². The molecule has 0 aliphatic carbocycles. The molecule has 4 nitrogen and oxygen atoms in total. The second kappa shape index (κ2) is 2.60. The molecule has 0 amide bonds. The van der Waals surface area contributed by atoms with Crippen molar-refractivity contribution in [3.05, 3.63) is 0 Å². The second-order valence-electron chi connectivity index (χ2n) is 3.31. The van der Waals surface area contributed by atoms with Gasteiger partial charge in [0.05, 0.1) is 13.2 Å². The summed E-state index contributed by atoms with van der Waals surface area (Å²) in [6.07, 6.45) is 0. The minimum Gasteiger partial charge on any atom is -0.297 e. The van der Waals surface area contributed by atoms with Gasteiger partial charge in [-0.2, -0.15) is 5.26 Å². The first kappa shape index (κ1) is 8.73. The molecule has 0 unspecified atom stereocenters. The summed E-state index contributed by atoms with van der Waals surface area (Å²) < 4.78 is 20.7. The van der Waals surface area contributed by atoms with Crippen LogP contribution in [0.1, 0.15) is 13.8 Å². The topological polar surface area (TPSA) is 59.3 Å². The van der Waals surface area contributed by atoms with Crippen LogP contribution in [0, 0.1) is 16.5 Å². The fraction of sp³-hybridized carbons (Fsp3) is 0.833. The first-order chi connectivity index (χ1) is 4.97. The van der Waals surface area contributed by atoms with Crippen LogP contribution in [-0.4, -0.2) is 13.2 Å². The molecule has 1 rings (SSSR count). The van der Waals surface area contributed by atoms with Crippen LogP contribution in [0.2, 0.25) is 0 Å². The van der Waals surface area contributed by atoms with Gasteiger partial charge in [-0.15, -0.1) is 0 Å². The molecule has 0 N–H and O–H groups in total. The Morgan fingerprint density at radius 1 is 1.45 bits per heavy atom. The summed E-state index contributed by atoms with van der Waals surface area (Å²) in [5.74, 6) is 1.53. The van der Waals surface area contributed by atoms with Gasteiger partial charge < -0.3 is 0 Å². The van der Waals surface area contributed by atoms with Crippen LogP contribution in [0.5, 0.6) is 0 Å². The third kappa shape index (κ3) is 2.03. The number of rotatable bonds is 0. The van der Waals surface area contributed by atoms with Crippen molar-refractivity contribution in [3.63, 3.8) is 0 Å². The molecule has 1 aliphatic rings. The fourth-order valence-electron chi connectivity index (χ4n) is 0.656. The Labute approximate surface area is 65.6 Å². The highest BCUT2D eigenvalue weighted by Crippen LogP contribution is 2.52. The average Bonchev–Trinajstić information content (AvgIpc) is 1.97. The summed E-state index contributed by atoms with van der Waals surface area (Å²) >= 11 is 0. The summed E-state index contributed by atoms with van der Waals surface area (Å²) in [6.45, 7) is 4.48. The van der Waals surface area contributed by atoms with Crippen molar-refractivity contribution in [2.45, 2.75) is 13.8 Å². The predicted molar refractivity (Wildman–Crippen MR) is 38.9 cm³/mol. The van der Waals surface area contributed by atoms with Gasteiger partial charge in [-0.25, -0.2) is 4.57 Å². The van der Waals surface area contributed by atoms with E-state index in [2.05, 4.69) is 0 Å². The third-order valence-corrected chi connectivity index (χ3v) is 2.56. The highest BCUT2D eigenvalue weighted by Gasteiger charge is 2.36. The van der Waals surface area contributed by atoms with E-state index in [4.69, 9.17) is 14.3 Å². The van der Waals surface area contributed by atoms with Crippen LogP contribution in [-0.2, 0) is 13.6 Å². The van der Waals surface area contributed by atoms with E-state index in [0.29, 0.717) is 13.2 Å². The zero-order valence-electron chi connectivity index (χ0n) is 6.53. The van der Waals surface area contributed by atoms with Crippen molar-refractivity contribution in [2.24, 2.45) is 5.41 Å². The molecule has 0 bridgehead atoms. The molecular weight excluding hydrogens is 165 g/mol. The summed E-state index contributed by atoms with van der Waals surface area (Å²) in [5, 5.41) is 8.36. The van der Waals surface area contributed by atoms with E-state index >= 15 is 0 Å². The smallest absolute Gasteiger partial charge is 0.297 e. The van der Waals surface area contributed by atoms with Crippen LogP contribution in [0.15, 0.2) is 0 Å². The third-order valence-electron chi connectivity index (χ3n) is 1.37. The largest absolute Gasteiger partial charge is 0.431 e. The van der Waals surface area contributed by atoms with E-state index in [1.165, 1.54) is 5.81 Å². The van der Waals surface area contributed by atoms with Gasteiger partial charge in [0.1, 0.15) is 0 Å². The van der Waals surface area contributed by atoms with Crippen molar-refractivity contribution in [1.82, 2.24) is 0 Å². The minimum absolute atomic E-state index is 0.134. The minimum atomic E-state index is -3.37. The first-order valence-corrected chi connectivity index (χ1v) is 4.82. The molecule has 0 atom stereocenters. The molecule has 0 aromatic heterocycles. The highest BCUT2D eigenvalue weighted by atomic mass is 31.2.